The summed E-state index contributed by atoms with van der Waals surface area (Å²) in [6.45, 7) is 5.77. The number of carboxylic acids is 1. The summed E-state index contributed by atoms with van der Waals surface area (Å²) >= 11 is 2.04. The molecule has 0 spiro atoms. The fourth-order valence-corrected chi connectivity index (χ4v) is 4.02. The van der Waals surface area contributed by atoms with E-state index in [9.17, 15) is 14.7 Å². The quantitative estimate of drug-likeness (QED) is 0.306. The van der Waals surface area contributed by atoms with Crippen LogP contribution in [0.4, 0.5) is 11.6 Å². The summed E-state index contributed by atoms with van der Waals surface area (Å²) < 4.78 is 8.42. The van der Waals surface area contributed by atoms with E-state index in [0.29, 0.717) is 37.4 Å². The van der Waals surface area contributed by atoms with Gasteiger partial charge in [0.15, 0.2) is 0 Å². The van der Waals surface area contributed by atoms with E-state index in [2.05, 4.69) is 21.4 Å². The number of ether oxygens (including phenoxy) is 1. The number of nitrogens with zero attached hydrogens (tertiary/aromatic N) is 4. The number of benzene rings is 2. The minimum atomic E-state index is -1.27. The number of nitriles is 1. The van der Waals surface area contributed by atoms with Gasteiger partial charge in [0.25, 0.3) is 0 Å². The van der Waals surface area contributed by atoms with Crippen molar-refractivity contribution in [2.45, 2.75) is 26.3 Å². The van der Waals surface area contributed by atoms with Gasteiger partial charge < -0.3 is 19.7 Å². The molecule has 9 nitrogen and oxygen atoms in total. The molecule has 2 aromatic heterocycles. The Morgan fingerprint density at radius 1 is 1.20 bits per heavy atom. The van der Waals surface area contributed by atoms with Crippen LogP contribution in [-0.4, -0.2) is 25.6 Å². The highest BCUT2D eigenvalue weighted by atomic mass is 127. The molecule has 2 heterocycles. The number of rotatable bonds is 5. The van der Waals surface area contributed by atoms with Crippen LogP contribution in [0.3, 0.4) is 0 Å². The molecule has 4 aromatic rings. The summed E-state index contributed by atoms with van der Waals surface area (Å²) in [6, 6.07) is 13.9. The summed E-state index contributed by atoms with van der Waals surface area (Å²) in [7, 11) is 0. The molecule has 35 heavy (non-hydrogen) atoms. The number of hydrogen-bond acceptors (Lipinski definition) is 7. The summed E-state index contributed by atoms with van der Waals surface area (Å²) in [5, 5.41) is 21.8. The lowest BCUT2D eigenvalue weighted by molar-refractivity contribution is 0.0694. The van der Waals surface area contributed by atoms with E-state index >= 15 is 0 Å². The van der Waals surface area contributed by atoms with Gasteiger partial charge in [0, 0.05) is 41.1 Å². The van der Waals surface area contributed by atoms with E-state index in [0.717, 1.165) is 0 Å². The van der Waals surface area contributed by atoms with Crippen molar-refractivity contribution in [2.75, 3.05) is 5.32 Å². The van der Waals surface area contributed by atoms with E-state index in [-0.39, 0.29) is 11.4 Å². The zero-order chi connectivity index (χ0) is 25.3. The van der Waals surface area contributed by atoms with Crippen LogP contribution in [-0.2, 0) is 5.54 Å². The minimum Gasteiger partial charge on any atom is -0.477 e. The van der Waals surface area contributed by atoms with Gasteiger partial charge in [-0.05, 0) is 73.7 Å². The maximum Gasteiger partial charge on any atom is 0.341 e. The molecule has 0 aliphatic heterocycles. The van der Waals surface area contributed by atoms with Crippen molar-refractivity contribution in [3.05, 3.63) is 79.8 Å². The van der Waals surface area contributed by atoms with Crippen molar-refractivity contribution >= 4 is 51.1 Å². The molecular weight excluding hydrogens is 561 g/mol. The van der Waals surface area contributed by atoms with Crippen LogP contribution < -0.4 is 15.5 Å². The highest BCUT2D eigenvalue weighted by Crippen LogP contribution is 2.32. The number of nitrogens with one attached hydrogen (secondary N) is 1. The number of halogens is 1. The zero-order valence-electron chi connectivity index (χ0n) is 19.0. The van der Waals surface area contributed by atoms with Crippen molar-refractivity contribution in [3.8, 4) is 17.7 Å². The van der Waals surface area contributed by atoms with Crippen LogP contribution in [0.15, 0.2) is 59.7 Å². The Kier molecular flexibility index (Phi) is 6.45. The molecule has 2 aromatic carbocycles. The number of pyridine rings is 1. The van der Waals surface area contributed by atoms with Crippen molar-refractivity contribution < 1.29 is 14.6 Å². The molecule has 176 valence electrons. The number of aromatic nitrogens is 3. The van der Waals surface area contributed by atoms with Gasteiger partial charge in [-0.15, -0.1) is 0 Å². The highest BCUT2D eigenvalue weighted by Gasteiger charge is 2.22. The first-order valence-electron chi connectivity index (χ1n) is 10.5. The van der Waals surface area contributed by atoms with Gasteiger partial charge >= 0.3 is 5.97 Å². The lowest BCUT2D eigenvalue weighted by atomic mass is 10.0. The van der Waals surface area contributed by atoms with Gasteiger partial charge in [-0.2, -0.15) is 10.2 Å². The first kappa shape index (κ1) is 24.2. The predicted molar refractivity (Wildman–Crippen MR) is 139 cm³/mol. The molecule has 2 N–H and O–H groups in total. The average molecular weight is 581 g/mol. The van der Waals surface area contributed by atoms with Crippen LogP contribution in [0.5, 0.6) is 11.6 Å². The van der Waals surface area contributed by atoms with E-state index in [1.165, 1.54) is 6.20 Å². The Labute approximate surface area is 214 Å². The number of carbonyl (C=O) groups is 1. The third-order valence-electron chi connectivity index (χ3n) is 5.13. The smallest absolute Gasteiger partial charge is 0.341 e. The van der Waals surface area contributed by atoms with Gasteiger partial charge in [0.05, 0.1) is 20.7 Å². The first-order chi connectivity index (χ1) is 16.6. The minimum absolute atomic E-state index is 0.278. The first-order valence-corrected chi connectivity index (χ1v) is 11.6. The lowest BCUT2D eigenvalue weighted by Gasteiger charge is -2.26. The molecule has 0 unspecified atom stereocenters. The van der Waals surface area contributed by atoms with Gasteiger partial charge in [0.2, 0.25) is 17.3 Å². The molecule has 0 saturated carbocycles. The number of anilines is 2. The Hall–Kier alpha value is -3.98. The molecule has 0 radical (unpaired) electrons. The van der Waals surface area contributed by atoms with Gasteiger partial charge in [0.1, 0.15) is 11.3 Å². The molecule has 0 bridgehead atoms. The topological polar surface area (TPSA) is 130 Å². The van der Waals surface area contributed by atoms with E-state index < -0.39 is 16.9 Å². The molecule has 0 aliphatic rings. The maximum atomic E-state index is 12.8. The highest BCUT2D eigenvalue weighted by molar-refractivity contribution is 14.1. The Bertz CT molecular complexity index is 1550. The fourth-order valence-electron chi connectivity index (χ4n) is 3.44. The molecule has 0 amide bonds. The lowest BCUT2D eigenvalue weighted by Crippen LogP contribution is -2.27. The second-order valence-corrected chi connectivity index (χ2v) is 9.81. The fraction of sp³-hybridized carbons (Fsp3) is 0.160. The normalized spacial score (nSPS) is 11.2. The molecule has 10 heteroatoms. The van der Waals surface area contributed by atoms with E-state index in [4.69, 9.17) is 10.00 Å². The summed E-state index contributed by atoms with van der Waals surface area (Å²) in [5.41, 5.74) is 0.480. The second kappa shape index (κ2) is 9.34. The second-order valence-electron chi connectivity index (χ2n) is 8.65. The molecule has 0 saturated heterocycles. The van der Waals surface area contributed by atoms with Gasteiger partial charge in [-0.1, -0.05) is 0 Å². The third-order valence-corrected chi connectivity index (χ3v) is 5.97. The van der Waals surface area contributed by atoms with E-state index in [1.807, 2.05) is 43.4 Å². The molecule has 0 atom stereocenters. The van der Waals surface area contributed by atoms with Gasteiger partial charge in [-0.3, -0.25) is 4.79 Å². The van der Waals surface area contributed by atoms with Crippen molar-refractivity contribution in [3.63, 3.8) is 0 Å². The average Bonchev–Trinajstić information content (AvgIpc) is 2.80. The largest absolute Gasteiger partial charge is 0.477 e. The van der Waals surface area contributed by atoms with Crippen molar-refractivity contribution in [1.82, 2.24) is 14.5 Å². The summed E-state index contributed by atoms with van der Waals surface area (Å²) in [4.78, 5) is 33.1. The monoisotopic (exact) mass is 581 g/mol. The number of fused-ring (bicyclic) bond motifs is 1. The zero-order valence-corrected chi connectivity index (χ0v) is 21.2. The number of hydrogen-bond donors (Lipinski definition) is 2. The summed E-state index contributed by atoms with van der Waals surface area (Å²) in [5.74, 6) is -0.226. The molecule has 0 fully saturated rings. The number of aromatic carboxylic acids is 1. The maximum absolute atomic E-state index is 12.8. The van der Waals surface area contributed by atoms with Crippen LogP contribution in [0.1, 0.15) is 36.7 Å². The SMILES string of the molecule is CC(C)(C)n1cc(C(=O)O)c(=O)c2cc(I)c(Oc3ccnc(Nc4ccc(C#N)cc4)n3)cc21. The summed E-state index contributed by atoms with van der Waals surface area (Å²) in [6.07, 6.45) is 2.92. The Balaban J connectivity index is 1.73. The standard InChI is InChI=1S/C25H20IN5O4/c1-25(2,3)31-13-17(23(33)34)22(32)16-10-18(26)20(11-19(16)31)35-21-8-9-28-24(30-21)29-15-6-4-14(12-27)5-7-15/h4-11,13H,1-3H3,(H,33,34)(H,28,29,30). The van der Waals surface area contributed by atoms with Crippen LogP contribution >= 0.6 is 22.6 Å². The van der Waals surface area contributed by atoms with Crippen LogP contribution in [0.25, 0.3) is 10.9 Å². The molecule has 0 aliphatic carbocycles. The Morgan fingerprint density at radius 2 is 1.91 bits per heavy atom. The molecular formula is C25H20IN5O4. The van der Waals surface area contributed by atoms with Crippen LogP contribution in [0, 0.1) is 14.9 Å². The van der Waals surface area contributed by atoms with Crippen LogP contribution in [0.2, 0.25) is 0 Å². The van der Waals surface area contributed by atoms with Crippen molar-refractivity contribution in [1.29, 1.82) is 5.26 Å². The number of carboxylic acid groups (broad SMARTS) is 1. The Morgan fingerprint density at radius 3 is 2.54 bits per heavy atom. The van der Waals surface area contributed by atoms with Gasteiger partial charge in [-0.25, -0.2) is 9.78 Å². The van der Waals surface area contributed by atoms with E-state index in [1.54, 1.807) is 53.2 Å². The predicted octanol–water partition coefficient (Wildman–Crippen LogP) is 5.26. The van der Waals surface area contributed by atoms with Crippen molar-refractivity contribution in [2.24, 2.45) is 0 Å². The third kappa shape index (κ3) is 5.09. The molecule has 4 rings (SSSR count).